The number of benzene rings is 1. The number of hydrogen-bond donors (Lipinski definition) is 6. The molecule has 2 aliphatic rings. The molecule has 228 valence electrons. The van der Waals surface area contributed by atoms with Crippen molar-refractivity contribution in [1.29, 1.82) is 0 Å². The molecule has 4 rings (SSSR count). The molecule has 16 nitrogen and oxygen atoms in total. The van der Waals surface area contributed by atoms with Gasteiger partial charge in [0, 0.05) is 25.9 Å². The second-order valence-electron chi connectivity index (χ2n) is 9.47. The van der Waals surface area contributed by atoms with Gasteiger partial charge in [0.25, 0.3) is 11.5 Å². The van der Waals surface area contributed by atoms with Crippen LogP contribution in [-0.2, 0) is 35.0 Å². The smallest absolute Gasteiger partial charge is 0.330 e. The monoisotopic (exact) mass is 592 g/mol. The zero-order valence-corrected chi connectivity index (χ0v) is 22.6. The lowest BCUT2D eigenvalue weighted by Gasteiger charge is -2.35. The van der Waals surface area contributed by atoms with Gasteiger partial charge in [-0.1, -0.05) is 18.2 Å². The van der Waals surface area contributed by atoms with Crippen molar-refractivity contribution < 1.29 is 48.6 Å². The Morgan fingerprint density at radius 2 is 1.88 bits per heavy atom. The van der Waals surface area contributed by atoms with Crippen molar-refractivity contribution in [2.45, 2.75) is 55.6 Å². The average Bonchev–Trinajstić information content (AvgIpc) is 3.28. The second kappa shape index (κ2) is 13.3. The third-order valence-corrected chi connectivity index (χ3v) is 6.80. The molecular formula is C26H32N4O12. The molecule has 42 heavy (non-hydrogen) atoms. The summed E-state index contributed by atoms with van der Waals surface area (Å²) in [6, 6.07) is 8.27. The van der Waals surface area contributed by atoms with Crippen LogP contribution in [0.5, 0.6) is 5.75 Å². The number of ether oxygens (including phenoxy) is 5. The summed E-state index contributed by atoms with van der Waals surface area (Å²) < 4.78 is 28.3. The average molecular weight is 593 g/mol. The Bertz CT molecular complexity index is 1420. The fraction of sp³-hybridized carbons (Fsp3) is 0.462. The summed E-state index contributed by atoms with van der Waals surface area (Å²) in [6.45, 7) is 0.169. The van der Waals surface area contributed by atoms with Gasteiger partial charge in [-0.05, 0) is 24.1 Å². The van der Waals surface area contributed by atoms with Crippen molar-refractivity contribution in [3.05, 3.63) is 74.8 Å². The van der Waals surface area contributed by atoms with Crippen LogP contribution in [0.2, 0.25) is 0 Å². The van der Waals surface area contributed by atoms with Crippen LogP contribution in [0.15, 0.2) is 58.0 Å². The molecule has 2 aromatic rings. The Morgan fingerprint density at radius 1 is 1.14 bits per heavy atom. The first-order valence-corrected chi connectivity index (χ1v) is 12.8. The molecule has 8 atom stereocenters. The van der Waals surface area contributed by atoms with Gasteiger partial charge >= 0.3 is 5.69 Å². The number of amides is 2. The predicted octanol–water partition coefficient (Wildman–Crippen LogP) is -2.99. The second-order valence-corrected chi connectivity index (χ2v) is 9.47. The number of aliphatic hydroxyl groups excluding tert-OH is 3. The van der Waals surface area contributed by atoms with E-state index < -0.39 is 78.0 Å². The molecule has 2 unspecified atom stereocenters. The molecule has 1 fully saturated rings. The fourth-order valence-electron chi connectivity index (χ4n) is 4.70. The first-order chi connectivity index (χ1) is 20.0. The number of nitrogens with zero attached hydrogens (tertiary/aromatic N) is 1. The highest BCUT2D eigenvalue weighted by Crippen LogP contribution is 2.34. The van der Waals surface area contributed by atoms with E-state index in [1.54, 1.807) is 6.07 Å². The molecule has 7 N–H and O–H groups in total. The van der Waals surface area contributed by atoms with Crippen LogP contribution in [-0.4, -0.2) is 100 Å². The highest BCUT2D eigenvalue weighted by Gasteiger charge is 2.52. The SMILES string of the molecule is COc1ccccc1CCNC(=O)C1=C[C@H](O)[C@H](O)[C@@H](O[C@@H](C(N)=O)C2O[C@@H](n3ccc(=O)[nH]c3=O)[C@H](O)C2OC)O1. The number of aliphatic hydroxyl groups is 3. The van der Waals surface area contributed by atoms with Crippen molar-refractivity contribution in [3.8, 4) is 5.75 Å². The topological polar surface area (TPSA) is 234 Å². The maximum atomic E-state index is 12.8. The minimum absolute atomic E-state index is 0.169. The van der Waals surface area contributed by atoms with E-state index in [4.69, 9.17) is 29.4 Å². The van der Waals surface area contributed by atoms with E-state index in [0.29, 0.717) is 12.2 Å². The number of primary amides is 1. The zero-order chi connectivity index (χ0) is 30.6. The predicted molar refractivity (Wildman–Crippen MR) is 141 cm³/mol. The summed E-state index contributed by atoms with van der Waals surface area (Å²) in [4.78, 5) is 51.0. The van der Waals surface area contributed by atoms with Crippen LogP contribution in [0.3, 0.4) is 0 Å². The molecule has 1 aromatic heterocycles. The highest BCUT2D eigenvalue weighted by molar-refractivity contribution is 5.91. The number of rotatable bonds is 11. The van der Waals surface area contributed by atoms with Crippen molar-refractivity contribution in [3.63, 3.8) is 0 Å². The largest absolute Gasteiger partial charge is 0.496 e. The Morgan fingerprint density at radius 3 is 2.55 bits per heavy atom. The Balaban J connectivity index is 1.47. The maximum Gasteiger partial charge on any atom is 0.330 e. The van der Waals surface area contributed by atoms with Crippen molar-refractivity contribution >= 4 is 11.8 Å². The number of aromatic nitrogens is 2. The first-order valence-electron chi connectivity index (χ1n) is 12.8. The van der Waals surface area contributed by atoms with Gasteiger partial charge in [-0.3, -0.25) is 23.9 Å². The standard InChI is InChI=1S/C26H32N4O12/c1-38-14-6-4-3-5-12(14)7-9-28-23(36)15-11-13(31)17(33)25(40-15)42-21(22(27)35)20-19(39-2)18(34)24(41-20)30-10-8-16(32)29-26(30)37/h3-6,8,10-11,13,17-21,24-25,31,33-34H,7,9H2,1-2H3,(H2,27,35)(H,28,36)(H,29,32,37)/t13-,17-,18+,19?,20?,21+,24+,25+/m0/s1. The number of nitrogens with two attached hydrogens (primary N) is 1. The normalized spacial score (nSPS) is 27.9. The lowest BCUT2D eigenvalue weighted by atomic mass is 10.0. The fourth-order valence-corrected chi connectivity index (χ4v) is 4.70. The summed E-state index contributed by atoms with van der Waals surface area (Å²) in [5.41, 5.74) is 4.80. The number of carbonyl (C=O) groups excluding carboxylic acids is 2. The van der Waals surface area contributed by atoms with Crippen LogP contribution in [0.1, 0.15) is 11.8 Å². The van der Waals surface area contributed by atoms with Crippen molar-refractivity contribution in [1.82, 2.24) is 14.9 Å². The van der Waals surface area contributed by atoms with E-state index in [0.717, 1.165) is 28.5 Å². The summed E-state index contributed by atoms with van der Waals surface area (Å²) in [5, 5.41) is 34.3. The minimum Gasteiger partial charge on any atom is -0.496 e. The van der Waals surface area contributed by atoms with E-state index in [1.165, 1.54) is 14.2 Å². The Hall–Kier alpha value is -4.06. The lowest BCUT2D eigenvalue weighted by molar-refractivity contribution is -0.241. The van der Waals surface area contributed by atoms with Crippen LogP contribution >= 0.6 is 0 Å². The number of carbonyl (C=O) groups is 2. The molecule has 2 amide bonds. The van der Waals surface area contributed by atoms with Gasteiger partial charge in [0.1, 0.15) is 36.3 Å². The number of nitrogens with one attached hydrogen (secondary N) is 2. The molecule has 0 aliphatic carbocycles. The van der Waals surface area contributed by atoms with Gasteiger partial charge in [-0.25, -0.2) is 4.79 Å². The van der Waals surface area contributed by atoms with Crippen molar-refractivity contribution in [2.24, 2.45) is 5.73 Å². The Kier molecular flexibility index (Phi) is 9.77. The molecule has 0 spiro atoms. The van der Waals surface area contributed by atoms with E-state index in [9.17, 15) is 34.5 Å². The van der Waals surface area contributed by atoms with E-state index >= 15 is 0 Å². The van der Waals surface area contributed by atoms with Gasteiger partial charge in [0.05, 0.1) is 7.11 Å². The van der Waals surface area contributed by atoms with Crippen LogP contribution in [0.25, 0.3) is 0 Å². The van der Waals surface area contributed by atoms with Gasteiger partial charge in [-0.15, -0.1) is 0 Å². The summed E-state index contributed by atoms with van der Waals surface area (Å²) in [5.74, 6) is -1.62. The van der Waals surface area contributed by atoms with Gasteiger partial charge in [0.2, 0.25) is 12.2 Å². The molecule has 2 aliphatic heterocycles. The number of hydrogen-bond acceptors (Lipinski definition) is 12. The van der Waals surface area contributed by atoms with Gasteiger partial charge in [-0.2, -0.15) is 0 Å². The molecule has 0 saturated carbocycles. The molecule has 16 heteroatoms. The van der Waals surface area contributed by atoms with E-state index in [2.05, 4.69) is 5.32 Å². The minimum atomic E-state index is -1.79. The maximum absolute atomic E-state index is 12.8. The first kappa shape index (κ1) is 30.9. The van der Waals surface area contributed by atoms with Crippen LogP contribution in [0, 0.1) is 0 Å². The number of H-pyrrole nitrogens is 1. The van der Waals surface area contributed by atoms with Crippen molar-refractivity contribution in [2.75, 3.05) is 20.8 Å². The summed E-state index contributed by atoms with van der Waals surface area (Å²) in [7, 11) is 2.73. The molecule has 1 saturated heterocycles. The summed E-state index contributed by atoms with van der Waals surface area (Å²) in [6.07, 6.45) is -10.2. The van der Waals surface area contributed by atoms with Gasteiger partial charge < -0.3 is 50.1 Å². The molecule has 3 heterocycles. The highest BCUT2D eigenvalue weighted by atomic mass is 16.7. The molecule has 1 aromatic carbocycles. The third-order valence-electron chi connectivity index (χ3n) is 6.80. The van der Waals surface area contributed by atoms with E-state index in [1.807, 2.05) is 23.2 Å². The lowest BCUT2D eigenvalue weighted by Crippen LogP contribution is -2.54. The van der Waals surface area contributed by atoms with E-state index in [-0.39, 0.29) is 6.54 Å². The van der Waals surface area contributed by atoms with Gasteiger partial charge in [0.15, 0.2) is 18.1 Å². The quantitative estimate of drug-likeness (QED) is 0.153. The zero-order valence-electron chi connectivity index (χ0n) is 22.6. The number of para-hydroxylation sites is 1. The number of methoxy groups -OCH3 is 2. The summed E-state index contributed by atoms with van der Waals surface area (Å²) >= 11 is 0. The molecule has 0 bridgehead atoms. The molecule has 0 radical (unpaired) electrons. The molecular weight excluding hydrogens is 560 g/mol. The number of aromatic amines is 1. The third kappa shape index (κ3) is 6.53. The van der Waals surface area contributed by atoms with Crippen LogP contribution < -0.4 is 27.0 Å². The van der Waals surface area contributed by atoms with Crippen LogP contribution in [0.4, 0.5) is 0 Å². The Labute approximate surface area is 238 Å².